The zero-order chi connectivity index (χ0) is 20.7. The van der Waals surface area contributed by atoms with E-state index in [-0.39, 0.29) is 17.6 Å². The lowest BCUT2D eigenvalue weighted by molar-refractivity contribution is -0.124. The fourth-order valence-electron chi connectivity index (χ4n) is 3.25. The summed E-state index contributed by atoms with van der Waals surface area (Å²) in [5, 5.41) is 22.2. The molecule has 1 aliphatic rings. The first-order chi connectivity index (χ1) is 13.8. The molecular formula is C21H20ClN5O2. The van der Waals surface area contributed by atoms with Gasteiger partial charge >= 0.3 is 0 Å². The van der Waals surface area contributed by atoms with Gasteiger partial charge in [-0.15, -0.1) is 10.2 Å². The van der Waals surface area contributed by atoms with Gasteiger partial charge in [0.15, 0.2) is 12.0 Å². The summed E-state index contributed by atoms with van der Waals surface area (Å²) >= 11 is 6.06. The SMILES string of the molecule is Cc1nnc2n1-c1ccc(O)cc1C(c1ccc(Cl)cc1)=NC2NC(=O)C(C)C. The van der Waals surface area contributed by atoms with Gasteiger partial charge in [0.1, 0.15) is 11.6 Å². The van der Waals surface area contributed by atoms with Gasteiger partial charge in [0, 0.05) is 22.1 Å². The molecule has 3 aromatic rings. The number of amides is 1. The molecule has 8 heteroatoms. The Bertz CT molecular complexity index is 1120. The van der Waals surface area contributed by atoms with Gasteiger partial charge in [-0.2, -0.15) is 0 Å². The van der Waals surface area contributed by atoms with Gasteiger partial charge in [0.2, 0.25) is 5.91 Å². The van der Waals surface area contributed by atoms with Crippen molar-refractivity contribution in [3.63, 3.8) is 0 Å². The first-order valence-electron chi connectivity index (χ1n) is 9.25. The molecule has 0 bridgehead atoms. The zero-order valence-electron chi connectivity index (χ0n) is 16.2. The van der Waals surface area contributed by atoms with E-state index in [4.69, 9.17) is 16.6 Å². The molecule has 2 aromatic carbocycles. The number of rotatable bonds is 3. The van der Waals surface area contributed by atoms with E-state index >= 15 is 0 Å². The van der Waals surface area contributed by atoms with Gasteiger partial charge in [0.25, 0.3) is 0 Å². The van der Waals surface area contributed by atoms with Gasteiger partial charge in [-0.3, -0.25) is 14.4 Å². The predicted molar refractivity (Wildman–Crippen MR) is 111 cm³/mol. The number of hydrogen-bond acceptors (Lipinski definition) is 5. The molecule has 0 saturated heterocycles. The molecule has 0 radical (unpaired) electrons. The molecule has 1 aliphatic heterocycles. The maximum absolute atomic E-state index is 12.5. The Morgan fingerprint density at radius 1 is 1.17 bits per heavy atom. The molecule has 4 rings (SSSR count). The number of aliphatic imine (C=N–C) groups is 1. The Balaban J connectivity index is 1.97. The summed E-state index contributed by atoms with van der Waals surface area (Å²) in [7, 11) is 0. The number of carbonyl (C=O) groups is 1. The topological polar surface area (TPSA) is 92.4 Å². The van der Waals surface area contributed by atoms with Gasteiger partial charge in [0.05, 0.1) is 11.4 Å². The smallest absolute Gasteiger partial charge is 0.224 e. The van der Waals surface area contributed by atoms with Crippen LogP contribution in [0.2, 0.25) is 5.02 Å². The first-order valence-corrected chi connectivity index (χ1v) is 9.62. The van der Waals surface area contributed by atoms with Crippen molar-refractivity contribution in [3.05, 3.63) is 70.3 Å². The Morgan fingerprint density at radius 3 is 2.59 bits per heavy atom. The number of halogens is 1. The fraction of sp³-hybridized carbons (Fsp3) is 0.238. The largest absolute Gasteiger partial charge is 0.508 e. The standard InChI is InChI=1S/C21H20ClN5O2/c1-11(2)21(29)24-19-20-26-25-12(3)27(20)17-9-8-15(28)10-16(17)18(23-19)13-4-6-14(22)7-5-13/h4-11,19,28H,1-3H3,(H,24,29). The molecule has 0 spiro atoms. The van der Waals surface area contributed by atoms with Crippen LogP contribution >= 0.6 is 11.6 Å². The molecule has 7 nitrogen and oxygen atoms in total. The molecule has 2 heterocycles. The molecule has 0 saturated carbocycles. The van der Waals surface area contributed by atoms with Crippen LogP contribution in [0.4, 0.5) is 0 Å². The highest BCUT2D eigenvalue weighted by molar-refractivity contribution is 6.30. The summed E-state index contributed by atoms with van der Waals surface area (Å²) in [6.45, 7) is 5.47. The molecule has 1 aromatic heterocycles. The summed E-state index contributed by atoms with van der Waals surface area (Å²) in [5.41, 5.74) is 2.90. The second-order valence-electron chi connectivity index (χ2n) is 7.19. The van der Waals surface area contributed by atoms with Crippen LogP contribution in [-0.2, 0) is 4.79 Å². The predicted octanol–water partition coefficient (Wildman–Crippen LogP) is 3.56. The number of fused-ring (bicyclic) bond motifs is 3. The second kappa shape index (κ2) is 7.33. The van der Waals surface area contributed by atoms with Crippen LogP contribution in [0.3, 0.4) is 0 Å². The second-order valence-corrected chi connectivity index (χ2v) is 7.63. The van der Waals surface area contributed by atoms with Crippen LogP contribution in [0.1, 0.15) is 42.8 Å². The minimum Gasteiger partial charge on any atom is -0.508 e. The molecule has 0 fully saturated rings. The van der Waals surface area contributed by atoms with E-state index in [0.29, 0.717) is 27.9 Å². The van der Waals surface area contributed by atoms with Crippen LogP contribution in [-0.4, -0.2) is 31.5 Å². The maximum atomic E-state index is 12.5. The highest BCUT2D eigenvalue weighted by Crippen LogP contribution is 2.32. The number of aryl methyl sites for hydroxylation is 1. The van der Waals surface area contributed by atoms with Crippen molar-refractivity contribution >= 4 is 23.2 Å². The minimum atomic E-state index is -0.730. The number of carbonyl (C=O) groups excluding carboxylic acids is 1. The molecular weight excluding hydrogens is 390 g/mol. The molecule has 1 unspecified atom stereocenters. The minimum absolute atomic E-state index is 0.113. The third-order valence-corrected chi connectivity index (χ3v) is 5.00. The number of phenols is 1. The summed E-state index contributed by atoms with van der Waals surface area (Å²) < 4.78 is 1.85. The van der Waals surface area contributed by atoms with E-state index in [2.05, 4.69) is 15.5 Å². The Labute approximate surface area is 173 Å². The van der Waals surface area contributed by atoms with Crippen LogP contribution < -0.4 is 5.32 Å². The average Bonchev–Trinajstić information content (AvgIpc) is 3.00. The van der Waals surface area contributed by atoms with Crippen molar-refractivity contribution in [1.82, 2.24) is 20.1 Å². The summed E-state index contributed by atoms with van der Waals surface area (Å²) in [5.74, 6) is 0.921. The third-order valence-electron chi connectivity index (χ3n) is 4.75. The molecule has 1 amide bonds. The number of nitrogens with one attached hydrogen (secondary N) is 1. The van der Waals surface area contributed by atoms with Crippen molar-refractivity contribution in [2.75, 3.05) is 0 Å². The number of aromatic hydroxyl groups is 1. The van der Waals surface area contributed by atoms with Crippen molar-refractivity contribution in [1.29, 1.82) is 0 Å². The highest BCUT2D eigenvalue weighted by Gasteiger charge is 2.29. The van der Waals surface area contributed by atoms with E-state index in [1.54, 1.807) is 30.3 Å². The summed E-state index contributed by atoms with van der Waals surface area (Å²) in [4.78, 5) is 17.3. The molecule has 1 atom stereocenters. The lowest BCUT2D eigenvalue weighted by Crippen LogP contribution is -2.32. The number of benzene rings is 2. The van der Waals surface area contributed by atoms with Crippen molar-refractivity contribution in [2.45, 2.75) is 26.9 Å². The summed E-state index contributed by atoms with van der Waals surface area (Å²) in [6, 6.07) is 12.3. The summed E-state index contributed by atoms with van der Waals surface area (Å²) in [6.07, 6.45) is -0.730. The maximum Gasteiger partial charge on any atom is 0.224 e. The van der Waals surface area contributed by atoms with E-state index < -0.39 is 6.17 Å². The van der Waals surface area contributed by atoms with E-state index in [9.17, 15) is 9.90 Å². The number of phenolic OH excluding ortho intramolecular Hbond substituents is 1. The Morgan fingerprint density at radius 2 is 1.90 bits per heavy atom. The Kier molecular flexibility index (Phi) is 4.84. The monoisotopic (exact) mass is 409 g/mol. The van der Waals surface area contributed by atoms with E-state index in [0.717, 1.165) is 11.3 Å². The third kappa shape index (κ3) is 3.49. The quantitative estimate of drug-likeness (QED) is 0.691. The highest BCUT2D eigenvalue weighted by atomic mass is 35.5. The van der Waals surface area contributed by atoms with Gasteiger partial charge < -0.3 is 10.4 Å². The van der Waals surface area contributed by atoms with Gasteiger partial charge in [-0.25, -0.2) is 0 Å². The first kappa shape index (κ1) is 19.1. The van der Waals surface area contributed by atoms with E-state index in [1.165, 1.54) is 0 Å². The fourth-order valence-corrected chi connectivity index (χ4v) is 3.38. The lowest BCUT2D eigenvalue weighted by atomic mass is 10.00. The van der Waals surface area contributed by atoms with Crippen molar-refractivity contribution in [2.24, 2.45) is 10.9 Å². The number of nitrogens with zero attached hydrogens (tertiary/aromatic N) is 4. The average molecular weight is 410 g/mol. The van der Waals surface area contributed by atoms with Crippen molar-refractivity contribution < 1.29 is 9.90 Å². The van der Waals surface area contributed by atoms with E-state index in [1.807, 2.05) is 37.5 Å². The molecule has 29 heavy (non-hydrogen) atoms. The van der Waals surface area contributed by atoms with Crippen LogP contribution in [0, 0.1) is 12.8 Å². The van der Waals surface area contributed by atoms with Gasteiger partial charge in [-0.1, -0.05) is 37.6 Å². The number of aromatic nitrogens is 3. The molecule has 0 aliphatic carbocycles. The Hall–Kier alpha value is -3.19. The molecule has 148 valence electrons. The van der Waals surface area contributed by atoms with Gasteiger partial charge in [-0.05, 0) is 37.3 Å². The van der Waals surface area contributed by atoms with Crippen molar-refractivity contribution in [3.8, 4) is 11.4 Å². The molecule has 2 N–H and O–H groups in total. The number of hydrogen-bond donors (Lipinski definition) is 2. The van der Waals surface area contributed by atoms with Crippen LogP contribution in [0.25, 0.3) is 5.69 Å². The lowest BCUT2D eigenvalue weighted by Gasteiger charge is -2.15. The normalized spacial score (nSPS) is 15.3. The zero-order valence-corrected chi connectivity index (χ0v) is 17.0. The van der Waals surface area contributed by atoms with Crippen LogP contribution in [0.15, 0.2) is 47.5 Å². The van der Waals surface area contributed by atoms with Crippen LogP contribution in [0.5, 0.6) is 5.75 Å².